The van der Waals surface area contributed by atoms with Crippen molar-refractivity contribution in [2.75, 3.05) is 19.4 Å². The number of ether oxygens (including phenoxy) is 1. The van der Waals surface area contributed by atoms with Gasteiger partial charge in [-0.05, 0) is 30.7 Å². The van der Waals surface area contributed by atoms with Gasteiger partial charge in [0.05, 0.1) is 28.8 Å². The SMILES string of the molecule is CN=CC(=CN)c1cnc(N)c(C(=O)NC(C)COCc2ccc(Cl)c(Cl)c2)c1. The molecule has 1 heterocycles. The number of aromatic nitrogens is 1. The molecular formula is C20H23Cl2N5O2. The molecule has 7 nitrogen and oxygen atoms in total. The second-order valence-electron chi connectivity index (χ2n) is 6.30. The van der Waals surface area contributed by atoms with Gasteiger partial charge in [0, 0.05) is 42.8 Å². The summed E-state index contributed by atoms with van der Waals surface area (Å²) in [7, 11) is 1.63. The van der Waals surface area contributed by atoms with Gasteiger partial charge in [-0.1, -0.05) is 29.3 Å². The van der Waals surface area contributed by atoms with E-state index in [1.165, 1.54) is 12.4 Å². The summed E-state index contributed by atoms with van der Waals surface area (Å²) in [5.41, 5.74) is 13.9. The first-order valence-corrected chi connectivity index (χ1v) is 9.53. The normalized spacial score (nSPS) is 12.9. The minimum Gasteiger partial charge on any atom is -0.404 e. The molecule has 1 amide bonds. The molecule has 154 valence electrons. The zero-order valence-corrected chi connectivity index (χ0v) is 17.7. The van der Waals surface area contributed by atoms with Crippen LogP contribution in [0.3, 0.4) is 0 Å². The van der Waals surface area contributed by atoms with E-state index in [4.69, 9.17) is 39.4 Å². The summed E-state index contributed by atoms with van der Waals surface area (Å²) in [6, 6.07) is 6.66. The van der Waals surface area contributed by atoms with Gasteiger partial charge >= 0.3 is 0 Å². The van der Waals surface area contributed by atoms with Gasteiger partial charge in [0.2, 0.25) is 0 Å². The first-order valence-electron chi connectivity index (χ1n) is 8.78. The molecule has 0 bridgehead atoms. The Morgan fingerprint density at radius 1 is 1.34 bits per heavy atom. The monoisotopic (exact) mass is 435 g/mol. The van der Waals surface area contributed by atoms with Crippen molar-refractivity contribution in [1.82, 2.24) is 10.3 Å². The first kappa shape index (κ1) is 22.7. The lowest BCUT2D eigenvalue weighted by molar-refractivity contribution is 0.0821. The van der Waals surface area contributed by atoms with Crippen molar-refractivity contribution in [3.63, 3.8) is 0 Å². The van der Waals surface area contributed by atoms with E-state index in [0.717, 1.165) is 5.56 Å². The van der Waals surface area contributed by atoms with Crippen molar-refractivity contribution in [3.8, 4) is 0 Å². The van der Waals surface area contributed by atoms with Gasteiger partial charge in [-0.3, -0.25) is 9.79 Å². The number of carbonyl (C=O) groups excluding carboxylic acids is 1. The number of nitrogen functional groups attached to an aromatic ring is 1. The molecule has 1 unspecified atom stereocenters. The van der Waals surface area contributed by atoms with Crippen molar-refractivity contribution < 1.29 is 9.53 Å². The second-order valence-corrected chi connectivity index (χ2v) is 7.12. The third-order valence-electron chi connectivity index (χ3n) is 3.94. The molecule has 0 spiro atoms. The lowest BCUT2D eigenvalue weighted by Crippen LogP contribution is -2.36. The predicted molar refractivity (Wildman–Crippen MR) is 118 cm³/mol. The molecule has 1 aromatic carbocycles. The van der Waals surface area contributed by atoms with E-state index in [1.807, 2.05) is 13.0 Å². The minimum atomic E-state index is -0.354. The van der Waals surface area contributed by atoms with Gasteiger partial charge in [-0.25, -0.2) is 4.98 Å². The van der Waals surface area contributed by atoms with Crippen molar-refractivity contribution in [3.05, 3.63) is 63.4 Å². The molecule has 0 aliphatic carbocycles. The van der Waals surface area contributed by atoms with Crippen LogP contribution in [0.5, 0.6) is 0 Å². The number of nitrogens with one attached hydrogen (secondary N) is 1. The number of aliphatic imine (C=N–C) groups is 1. The average molecular weight is 436 g/mol. The quantitative estimate of drug-likeness (QED) is 0.549. The number of halogens is 2. The minimum absolute atomic E-state index is 0.125. The van der Waals surface area contributed by atoms with Crippen LogP contribution >= 0.6 is 23.2 Å². The Bertz CT molecular complexity index is 931. The van der Waals surface area contributed by atoms with E-state index in [2.05, 4.69) is 15.3 Å². The van der Waals surface area contributed by atoms with Crippen molar-refractivity contribution in [2.45, 2.75) is 19.6 Å². The van der Waals surface area contributed by atoms with Crippen LogP contribution in [-0.2, 0) is 11.3 Å². The molecule has 0 fully saturated rings. The number of benzene rings is 1. The first-order chi connectivity index (χ1) is 13.8. The van der Waals surface area contributed by atoms with Gasteiger partial charge in [0.15, 0.2) is 0 Å². The molecule has 9 heteroatoms. The van der Waals surface area contributed by atoms with Crippen LogP contribution in [0.15, 0.2) is 41.7 Å². The predicted octanol–water partition coefficient (Wildman–Crippen LogP) is 3.31. The van der Waals surface area contributed by atoms with Crippen LogP contribution < -0.4 is 16.8 Å². The average Bonchev–Trinajstić information content (AvgIpc) is 2.69. The molecule has 0 saturated carbocycles. The zero-order chi connectivity index (χ0) is 21.4. The molecule has 5 N–H and O–H groups in total. The highest BCUT2D eigenvalue weighted by atomic mass is 35.5. The van der Waals surface area contributed by atoms with E-state index in [9.17, 15) is 4.79 Å². The van der Waals surface area contributed by atoms with Crippen LogP contribution in [0.2, 0.25) is 10.0 Å². The Kier molecular flexibility index (Phi) is 8.45. The largest absolute Gasteiger partial charge is 0.404 e. The van der Waals surface area contributed by atoms with E-state index in [0.29, 0.717) is 34.4 Å². The highest BCUT2D eigenvalue weighted by Gasteiger charge is 2.15. The molecule has 0 radical (unpaired) electrons. The van der Waals surface area contributed by atoms with E-state index < -0.39 is 0 Å². The number of amides is 1. The number of anilines is 1. The highest BCUT2D eigenvalue weighted by molar-refractivity contribution is 6.42. The maximum atomic E-state index is 12.6. The summed E-state index contributed by atoms with van der Waals surface area (Å²) in [4.78, 5) is 20.6. The summed E-state index contributed by atoms with van der Waals surface area (Å²) < 4.78 is 5.65. The molecule has 2 rings (SSSR count). The molecule has 0 aliphatic heterocycles. The van der Waals surface area contributed by atoms with E-state index in [1.54, 1.807) is 31.5 Å². The van der Waals surface area contributed by atoms with Crippen LogP contribution in [0.4, 0.5) is 5.82 Å². The topological polar surface area (TPSA) is 116 Å². The fourth-order valence-corrected chi connectivity index (χ4v) is 2.81. The Balaban J connectivity index is 1.97. The lowest BCUT2D eigenvalue weighted by atomic mass is 10.1. The Labute approximate surface area is 179 Å². The van der Waals surface area contributed by atoms with Crippen LogP contribution in [0.25, 0.3) is 5.57 Å². The molecule has 1 atom stereocenters. The Morgan fingerprint density at radius 2 is 2.10 bits per heavy atom. The lowest BCUT2D eigenvalue weighted by Gasteiger charge is -2.15. The number of pyridine rings is 1. The molecule has 0 saturated heterocycles. The number of rotatable bonds is 8. The standard InChI is InChI=1S/C20H23Cl2N5O2/c1-12(10-29-11-13-3-4-17(21)18(22)5-13)27-20(28)16-6-14(9-26-19(16)24)15(7-23)8-25-2/h3-9,12H,10-11,23H2,1-2H3,(H2,24,26)(H,27,28). The smallest absolute Gasteiger partial charge is 0.255 e. The van der Waals surface area contributed by atoms with Crippen molar-refractivity contribution in [2.24, 2.45) is 10.7 Å². The number of nitrogens with two attached hydrogens (primary N) is 2. The third-order valence-corrected chi connectivity index (χ3v) is 4.68. The summed E-state index contributed by atoms with van der Waals surface area (Å²) in [6.07, 6.45) is 4.51. The number of nitrogens with zero attached hydrogens (tertiary/aromatic N) is 2. The summed E-state index contributed by atoms with van der Waals surface area (Å²) in [6.45, 7) is 2.47. The van der Waals surface area contributed by atoms with E-state index in [-0.39, 0.29) is 23.3 Å². The molecule has 2 aromatic rings. The molecular weight excluding hydrogens is 413 g/mol. The molecule has 29 heavy (non-hydrogen) atoms. The van der Waals surface area contributed by atoms with Gasteiger partial charge in [-0.15, -0.1) is 0 Å². The zero-order valence-electron chi connectivity index (χ0n) is 16.2. The van der Waals surface area contributed by atoms with Crippen LogP contribution in [-0.4, -0.2) is 36.8 Å². The number of hydrogen-bond acceptors (Lipinski definition) is 6. The number of carbonyl (C=O) groups is 1. The number of allylic oxidation sites excluding steroid dienone is 1. The van der Waals surface area contributed by atoms with Gasteiger partial charge in [-0.2, -0.15) is 0 Å². The van der Waals surface area contributed by atoms with E-state index >= 15 is 0 Å². The second kappa shape index (κ2) is 10.8. The number of hydrogen-bond donors (Lipinski definition) is 3. The maximum Gasteiger partial charge on any atom is 0.255 e. The highest BCUT2D eigenvalue weighted by Crippen LogP contribution is 2.23. The Morgan fingerprint density at radius 3 is 2.76 bits per heavy atom. The van der Waals surface area contributed by atoms with Gasteiger partial charge in [0.1, 0.15) is 5.82 Å². The molecule has 1 aromatic heterocycles. The van der Waals surface area contributed by atoms with Crippen molar-refractivity contribution >= 4 is 46.7 Å². The summed E-state index contributed by atoms with van der Waals surface area (Å²) in [5, 5.41) is 3.80. The third kappa shape index (κ3) is 6.45. The van der Waals surface area contributed by atoms with Crippen molar-refractivity contribution in [1.29, 1.82) is 0 Å². The van der Waals surface area contributed by atoms with Crippen LogP contribution in [0, 0.1) is 0 Å². The maximum absolute atomic E-state index is 12.6. The fourth-order valence-electron chi connectivity index (χ4n) is 2.49. The fraction of sp³-hybridized carbons (Fsp3) is 0.250. The molecule has 0 aliphatic rings. The summed E-state index contributed by atoms with van der Waals surface area (Å²) in [5.74, 6) is -0.229. The van der Waals surface area contributed by atoms with Crippen LogP contribution in [0.1, 0.15) is 28.4 Å². The van der Waals surface area contributed by atoms with Gasteiger partial charge in [0.25, 0.3) is 5.91 Å². The van der Waals surface area contributed by atoms with Gasteiger partial charge < -0.3 is 21.5 Å². The Hall–Kier alpha value is -2.61. The summed E-state index contributed by atoms with van der Waals surface area (Å²) >= 11 is 11.9.